The Labute approximate surface area is 183 Å². The first-order chi connectivity index (χ1) is 15.0. The molecule has 2 aliphatic heterocycles. The van der Waals surface area contributed by atoms with Gasteiger partial charge in [-0.25, -0.2) is 0 Å². The Morgan fingerprint density at radius 3 is 2.32 bits per heavy atom. The maximum atomic E-state index is 12.9. The summed E-state index contributed by atoms with van der Waals surface area (Å²) in [4.78, 5) is 27.3. The van der Waals surface area contributed by atoms with Crippen LogP contribution in [0.5, 0.6) is 11.5 Å². The van der Waals surface area contributed by atoms with E-state index in [1.165, 1.54) is 5.56 Å². The fourth-order valence-electron chi connectivity index (χ4n) is 4.06. The van der Waals surface area contributed by atoms with Gasteiger partial charge < -0.3 is 14.4 Å². The van der Waals surface area contributed by atoms with Crippen molar-refractivity contribution in [2.24, 2.45) is 5.92 Å². The lowest BCUT2D eigenvalue weighted by Gasteiger charge is -2.30. The second-order valence-corrected chi connectivity index (χ2v) is 8.48. The van der Waals surface area contributed by atoms with Crippen molar-refractivity contribution in [3.05, 3.63) is 65.2 Å². The van der Waals surface area contributed by atoms with Gasteiger partial charge in [0.1, 0.15) is 13.2 Å². The van der Waals surface area contributed by atoms with Gasteiger partial charge in [-0.3, -0.25) is 9.59 Å². The van der Waals surface area contributed by atoms with Gasteiger partial charge in [-0.15, -0.1) is 0 Å². The maximum Gasteiger partial charge on any atom is 0.246 e. The van der Waals surface area contributed by atoms with Crippen molar-refractivity contribution in [2.45, 2.75) is 32.6 Å². The molecule has 1 fully saturated rings. The Bertz CT molecular complexity index is 969. The third-order valence-electron chi connectivity index (χ3n) is 6.03. The van der Waals surface area contributed by atoms with Crippen molar-refractivity contribution in [1.82, 2.24) is 4.90 Å². The van der Waals surface area contributed by atoms with Crippen molar-refractivity contribution in [3.8, 4) is 11.5 Å². The van der Waals surface area contributed by atoms with E-state index in [1.54, 1.807) is 24.3 Å². The lowest BCUT2D eigenvalue weighted by Crippen LogP contribution is -2.39. The number of likely N-dealkylation sites (tertiary alicyclic amines) is 1. The largest absolute Gasteiger partial charge is 0.486 e. The Hall–Kier alpha value is -3.08. The number of hydrogen-bond donors (Lipinski definition) is 0. The first-order valence-electron chi connectivity index (χ1n) is 11.0. The number of carbonyl (C=O) groups is 2. The Kier molecular flexibility index (Phi) is 6.40. The summed E-state index contributed by atoms with van der Waals surface area (Å²) in [5.74, 6) is 1.86. The number of hydrogen-bond acceptors (Lipinski definition) is 4. The quantitative estimate of drug-likeness (QED) is 0.520. The van der Waals surface area contributed by atoms with Crippen LogP contribution in [0.3, 0.4) is 0 Å². The number of ketones is 1. The van der Waals surface area contributed by atoms with Gasteiger partial charge in [-0.2, -0.15) is 0 Å². The van der Waals surface area contributed by atoms with E-state index in [2.05, 4.69) is 26.0 Å². The summed E-state index contributed by atoms with van der Waals surface area (Å²) in [6.45, 7) is 6.55. The molecule has 1 saturated heterocycles. The molecule has 0 bridgehead atoms. The first-order valence-corrected chi connectivity index (χ1v) is 11.0. The summed E-state index contributed by atoms with van der Waals surface area (Å²) in [5.41, 5.74) is 2.95. The molecular weight excluding hydrogens is 390 g/mol. The van der Waals surface area contributed by atoms with E-state index in [9.17, 15) is 9.59 Å². The van der Waals surface area contributed by atoms with E-state index in [0.717, 1.165) is 5.56 Å². The molecular formula is C26H29NO4. The second-order valence-electron chi connectivity index (χ2n) is 8.48. The number of rotatable bonds is 5. The standard InChI is InChI=1S/C26H29NO4/c1-18(2)20-6-3-19(4-7-20)5-10-25(28)27-13-11-21(12-14-27)26(29)22-8-9-23-24(17-22)31-16-15-30-23/h3-10,17-18,21H,11-16H2,1-2H3. The molecule has 0 atom stereocenters. The predicted octanol–water partition coefficient (Wildman–Crippen LogP) is 4.72. The molecule has 1 amide bonds. The number of nitrogens with zero attached hydrogens (tertiary/aromatic N) is 1. The van der Waals surface area contributed by atoms with E-state index in [-0.39, 0.29) is 17.6 Å². The summed E-state index contributed by atoms with van der Waals surface area (Å²) >= 11 is 0. The number of Topliss-reactive ketones (excluding diaryl/α,β-unsaturated/α-hetero) is 1. The highest BCUT2D eigenvalue weighted by Crippen LogP contribution is 2.32. The van der Waals surface area contributed by atoms with Gasteiger partial charge in [-0.05, 0) is 54.2 Å². The number of ether oxygens (including phenoxy) is 2. The van der Waals surface area contributed by atoms with Crippen LogP contribution >= 0.6 is 0 Å². The fraction of sp³-hybridized carbons (Fsp3) is 0.385. The molecule has 5 nitrogen and oxygen atoms in total. The highest BCUT2D eigenvalue weighted by Gasteiger charge is 2.28. The van der Waals surface area contributed by atoms with E-state index in [1.807, 2.05) is 23.1 Å². The molecule has 2 aromatic rings. The lowest BCUT2D eigenvalue weighted by molar-refractivity contribution is -0.127. The average molecular weight is 420 g/mol. The average Bonchev–Trinajstić information content (AvgIpc) is 2.82. The third kappa shape index (κ3) is 4.98. The van der Waals surface area contributed by atoms with Crippen LogP contribution in [0.1, 0.15) is 54.1 Å². The second kappa shape index (κ2) is 9.38. The first kappa shape index (κ1) is 21.2. The van der Waals surface area contributed by atoms with E-state index >= 15 is 0 Å². The molecule has 0 spiro atoms. The molecule has 4 rings (SSSR count). The van der Waals surface area contributed by atoms with Crippen LogP contribution in [0.25, 0.3) is 6.08 Å². The van der Waals surface area contributed by atoms with Crippen molar-refractivity contribution in [2.75, 3.05) is 26.3 Å². The summed E-state index contributed by atoms with van der Waals surface area (Å²) < 4.78 is 11.1. The number of fused-ring (bicyclic) bond motifs is 1. The number of amides is 1. The molecule has 0 aromatic heterocycles. The van der Waals surface area contributed by atoms with Crippen LogP contribution in [0.15, 0.2) is 48.5 Å². The monoisotopic (exact) mass is 419 g/mol. The molecule has 31 heavy (non-hydrogen) atoms. The predicted molar refractivity (Wildman–Crippen MR) is 121 cm³/mol. The van der Waals surface area contributed by atoms with Crippen molar-refractivity contribution < 1.29 is 19.1 Å². The van der Waals surface area contributed by atoms with Gasteiger partial charge in [0.15, 0.2) is 17.3 Å². The van der Waals surface area contributed by atoms with Gasteiger partial charge >= 0.3 is 0 Å². The number of benzene rings is 2. The summed E-state index contributed by atoms with van der Waals surface area (Å²) in [6.07, 6.45) is 4.85. The van der Waals surface area contributed by atoms with Crippen molar-refractivity contribution in [3.63, 3.8) is 0 Å². The van der Waals surface area contributed by atoms with Crippen molar-refractivity contribution in [1.29, 1.82) is 0 Å². The zero-order chi connectivity index (χ0) is 21.8. The maximum absolute atomic E-state index is 12.9. The molecule has 0 unspecified atom stereocenters. The molecule has 0 N–H and O–H groups in total. The van der Waals surface area contributed by atoms with E-state index < -0.39 is 0 Å². The SMILES string of the molecule is CC(C)c1ccc(C=CC(=O)N2CCC(C(=O)c3ccc4c(c3)OCCO4)CC2)cc1. The molecule has 5 heteroatoms. The Morgan fingerprint density at radius 1 is 0.968 bits per heavy atom. The minimum Gasteiger partial charge on any atom is -0.486 e. The van der Waals surface area contributed by atoms with E-state index in [0.29, 0.717) is 62.1 Å². The fourth-order valence-corrected chi connectivity index (χ4v) is 4.06. The molecule has 162 valence electrons. The van der Waals surface area contributed by atoms with Crippen LogP contribution in [0.2, 0.25) is 0 Å². The number of piperidine rings is 1. The lowest BCUT2D eigenvalue weighted by atomic mass is 9.88. The van der Waals surface area contributed by atoms with Gasteiger partial charge in [0, 0.05) is 30.6 Å². The highest BCUT2D eigenvalue weighted by atomic mass is 16.6. The smallest absolute Gasteiger partial charge is 0.246 e. The molecule has 0 radical (unpaired) electrons. The zero-order valence-electron chi connectivity index (χ0n) is 18.2. The zero-order valence-corrected chi connectivity index (χ0v) is 18.2. The number of carbonyl (C=O) groups excluding carboxylic acids is 2. The highest BCUT2D eigenvalue weighted by molar-refractivity contribution is 5.99. The molecule has 2 aliphatic rings. The molecule has 2 heterocycles. The van der Waals surface area contributed by atoms with Crippen LogP contribution < -0.4 is 9.47 Å². The summed E-state index contributed by atoms with van der Waals surface area (Å²) in [5, 5.41) is 0. The Morgan fingerprint density at radius 2 is 1.65 bits per heavy atom. The normalized spacial score (nSPS) is 16.7. The Balaban J connectivity index is 1.31. The minimum absolute atomic E-state index is 0.00170. The molecule has 2 aromatic carbocycles. The van der Waals surface area contributed by atoms with Gasteiger partial charge in [0.25, 0.3) is 0 Å². The van der Waals surface area contributed by atoms with Crippen molar-refractivity contribution >= 4 is 17.8 Å². The van der Waals surface area contributed by atoms with Gasteiger partial charge in [0.05, 0.1) is 0 Å². The molecule has 0 aliphatic carbocycles. The topological polar surface area (TPSA) is 55.8 Å². The van der Waals surface area contributed by atoms with E-state index in [4.69, 9.17) is 9.47 Å². The van der Waals surface area contributed by atoms with Crippen LogP contribution in [0.4, 0.5) is 0 Å². The third-order valence-corrected chi connectivity index (χ3v) is 6.03. The van der Waals surface area contributed by atoms with Crippen LogP contribution in [-0.4, -0.2) is 42.9 Å². The summed E-state index contributed by atoms with van der Waals surface area (Å²) in [7, 11) is 0. The minimum atomic E-state index is -0.0702. The summed E-state index contributed by atoms with van der Waals surface area (Å²) in [6, 6.07) is 13.7. The van der Waals surface area contributed by atoms with Gasteiger partial charge in [-0.1, -0.05) is 38.1 Å². The molecule has 0 saturated carbocycles. The van der Waals surface area contributed by atoms with Gasteiger partial charge in [0.2, 0.25) is 5.91 Å². The van der Waals surface area contributed by atoms with Crippen LogP contribution in [0, 0.1) is 5.92 Å². The van der Waals surface area contributed by atoms with Crippen LogP contribution in [-0.2, 0) is 4.79 Å².